The fraction of sp³-hybridized carbons (Fsp3) is 0.136. The first-order valence-electron chi connectivity index (χ1n) is 9.01. The van der Waals surface area contributed by atoms with E-state index in [9.17, 15) is 0 Å². The fourth-order valence-corrected chi connectivity index (χ4v) is 3.13. The third-order valence-electron chi connectivity index (χ3n) is 4.40. The number of para-hydroxylation sites is 1. The maximum atomic E-state index is 4.28. The Morgan fingerprint density at radius 3 is 1.70 bits per heavy atom. The molecule has 0 spiro atoms. The molecule has 0 radical (unpaired) electrons. The van der Waals surface area contributed by atoms with Gasteiger partial charge in [0.2, 0.25) is 0 Å². The van der Waals surface area contributed by atoms with Crippen LogP contribution in [-0.2, 0) is 19.6 Å². The Morgan fingerprint density at radius 2 is 1.15 bits per heavy atom. The summed E-state index contributed by atoms with van der Waals surface area (Å²) in [6.07, 6.45) is 0. The molecular formula is C22H21N5. The van der Waals surface area contributed by atoms with E-state index in [1.54, 1.807) is 0 Å². The van der Waals surface area contributed by atoms with Crippen molar-refractivity contribution in [3.63, 3.8) is 0 Å². The molecule has 0 saturated heterocycles. The molecule has 0 aliphatic heterocycles. The summed E-state index contributed by atoms with van der Waals surface area (Å²) in [7, 11) is 0. The van der Waals surface area contributed by atoms with Gasteiger partial charge in [0.15, 0.2) is 5.82 Å². The van der Waals surface area contributed by atoms with Crippen LogP contribution in [0.15, 0.2) is 91.0 Å². The number of hydrogen-bond acceptors (Lipinski definition) is 4. The molecule has 5 heteroatoms. The van der Waals surface area contributed by atoms with Gasteiger partial charge in [0.25, 0.3) is 0 Å². The molecule has 0 amide bonds. The molecule has 0 N–H and O–H groups in total. The Morgan fingerprint density at radius 1 is 0.630 bits per heavy atom. The van der Waals surface area contributed by atoms with Gasteiger partial charge in [-0.15, -0.1) is 5.10 Å². The maximum Gasteiger partial charge on any atom is 0.170 e. The highest BCUT2D eigenvalue weighted by molar-refractivity contribution is 5.30. The fourth-order valence-electron chi connectivity index (χ4n) is 3.13. The van der Waals surface area contributed by atoms with Crippen LogP contribution < -0.4 is 0 Å². The van der Waals surface area contributed by atoms with Gasteiger partial charge in [0.05, 0.1) is 12.2 Å². The molecule has 1 heterocycles. The van der Waals surface area contributed by atoms with E-state index in [2.05, 4.69) is 69.0 Å². The summed E-state index contributed by atoms with van der Waals surface area (Å²) in [5.41, 5.74) is 3.51. The van der Waals surface area contributed by atoms with Gasteiger partial charge in [-0.1, -0.05) is 78.9 Å². The van der Waals surface area contributed by atoms with Crippen molar-refractivity contribution in [2.45, 2.75) is 19.6 Å². The predicted molar refractivity (Wildman–Crippen MR) is 105 cm³/mol. The number of aromatic nitrogens is 4. The molecular weight excluding hydrogens is 334 g/mol. The molecule has 0 aliphatic rings. The molecule has 0 unspecified atom stereocenters. The maximum absolute atomic E-state index is 4.28. The number of tetrazole rings is 1. The van der Waals surface area contributed by atoms with Crippen LogP contribution in [0.4, 0.5) is 0 Å². The molecule has 5 nitrogen and oxygen atoms in total. The average Bonchev–Trinajstić information content (AvgIpc) is 3.18. The normalized spacial score (nSPS) is 11.0. The molecule has 27 heavy (non-hydrogen) atoms. The van der Waals surface area contributed by atoms with Gasteiger partial charge in [-0.25, -0.2) is 0 Å². The summed E-state index contributed by atoms with van der Waals surface area (Å²) in [4.78, 5) is 2.36. The van der Waals surface area contributed by atoms with Gasteiger partial charge >= 0.3 is 0 Å². The van der Waals surface area contributed by atoms with Crippen molar-refractivity contribution in [1.29, 1.82) is 0 Å². The van der Waals surface area contributed by atoms with Crippen molar-refractivity contribution < 1.29 is 0 Å². The van der Waals surface area contributed by atoms with E-state index >= 15 is 0 Å². The zero-order valence-corrected chi connectivity index (χ0v) is 15.0. The Bertz CT molecular complexity index is 910. The van der Waals surface area contributed by atoms with Crippen LogP contribution in [0.2, 0.25) is 0 Å². The molecule has 0 atom stereocenters. The van der Waals surface area contributed by atoms with E-state index in [-0.39, 0.29) is 0 Å². The quantitative estimate of drug-likeness (QED) is 0.505. The molecule has 134 valence electrons. The lowest BCUT2D eigenvalue weighted by atomic mass is 10.1. The minimum Gasteiger partial charge on any atom is -0.287 e. The molecule has 4 rings (SSSR count). The first-order valence-corrected chi connectivity index (χ1v) is 9.01. The number of nitrogens with zero attached hydrogens (tertiary/aromatic N) is 5. The van der Waals surface area contributed by atoms with Crippen LogP contribution in [0.3, 0.4) is 0 Å². The Hall–Kier alpha value is -3.31. The Labute approximate surface area is 158 Å². The molecule has 0 bridgehead atoms. The van der Waals surface area contributed by atoms with Gasteiger partial charge in [-0.2, -0.15) is 4.68 Å². The molecule has 0 fully saturated rings. The lowest BCUT2D eigenvalue weighted by Crippen LogP contribution is -2.24. The number of rotatable bonds is 7. The molecule has 0 saturated carbocycles. The predicted octanol–water partition coefficient (Wildman–Crippen LogP) is 3.86. The zero-order chi connectivity index (χ0) is 18.3. The standard InChI is InChI=1S/C22H21N5/c1-4-10-19(11-5-1)16-26(17-20-12-6-2-7-13-20)18-22-23-24-25-27(22)21-14-8-3-9-15-21/h1-15H,16-18H2. The van der Waals surface area contributed by atoms with Gasteiger partial charge in [-0.05, 0) is 33.7 Å². The second-order valence-corrected chi connectivity index (χ2v) is 6.46. The van der Waals surface area contributed by atoms with Crippen molar-refractivity contribution in [2.24, 2.45) is 0 Å². The largest absolute Gasteiger partial charge is 0.287 e. The molecule has 0 aliphatic carbocycles. The van der Waals surface area contributed by atoms with Crippen LogP contribution in [0.5, 0.6) is 0 Å². The summed E-state index contributed by atoms with van der Waals surface area (Å²) in [6, 6.07) is 31.0. The van der Waals surface area contributed by atoms with Crippen molar-refractivity contribution in [3.8, 4) is 5.69 Å². The van der Waals surface area contributed by atoms with Crippen LogP contribution in [0, 0.1) is 0 Å². The lowest BCUT2D eigenvalue weighted by Gasteiger charge is -2.22. The van der Waals surface area contributed by atoms with Crippen LogP contribution in [-0.4, -0.2) is 25.1 Å². The highest BCUT2D eigenvalue weighted by Crippen LogP contribution is 2.15. The van der Waals surface area contributed by atoms with E-state index in [0.717, 1.165) is 24.6 Å². The van der Waals surface area contributed by atoms with Crippen molar-refractivity contribution in [2.75, 3.05) is 0 Å². The SMILES string of the molecule is c1ccc(CN(Cc2ccccc2)Cc2nnnn2-c2ccccc2)cc1. The highest BCUT2D eigenvalue weighted by atomic mass is 15.5. The summed E-state index contributed by atoms with van der Waals surface area (Å²) >= 11 is 0. The van der Waals surface area contributed by atoms with Crippen molar-refractivity contribution in [3.05, 3.63) is 108 Å². The topological polar surface area (TPSA) is 46.8 Å². The van der Waals surface area contributed by atoms with Crippen molar-refractivity contribution in [1.82, 2.24) is 25.1 Å². The summed E-state index contributed by atoms with van der Waals surface area (Å²) in [5.74, 6) is 0.827. The summed E-state index contributed by atoms with van der Waals surface area (Å²) in [5, 5.41) is 12.4. The Balaban J connectivity index is 1.59. The minimum atomic E-state index is 0.658. The lowest BCUT2D eigenvalue weighted by molar-refractivity contribution is 0.239. The summed E-state index contributed by atoms with van der Waals surface area (Å²) in [6.45, 7) is 2.32. The minimum absolute atomic E-state index is 0.658. The molecule has 4 aromatic rings. The monoisotopic (exact) mass is 355 g/mol. The number of hydrogen-bond donors (Lipinski definition) is 0. The molecule has 1 aromatic heterocycles. The summed E-state index contributed by atoms with van der Waals surface area (Å²) < 4.78 is 1.81. The van der Waals surface area contributed by atoms with E-state index in [4.69, 9.17) is 0 Å². The second kappa shape index (κ2) is 8.38. The van der Waals surface area contributed by atoms with Gasteiger partial charge in [-0.3, -0.25) is 4.90 Å². The zero-order valence-electron chi connectivity index (χ0n) is 15.0. The third kappa shape index (κ3) is 4.46. The van der Waals surface area contributed by atoms with E-state index in [0.29, 0.717) is 6.54 Å². The highest BCUT2D eigenvalue weighted by Gasteiger charge is 2.14. The first kappa shape index (κ1) is 17.1. The van der Waals surface area contributed by atoms with Crippen LogP contribution in [0.25, 0.3) is 5.69 Å². The van der Waals surface area contributed by atoms with Gasteiger partial charge in [0, 0.05) is 13.1 Å². The van der Waals surface area contributed by atoms with Gasteiger partial charge < -0.3 is 0 Å². The first-order chi connectivity index (χ1) is 13.4. The van der Waals surface area contributed by atoms with Gasteiger partial charge in [0.1, 0.15) is 0 Å². The number of benzene rings is 3. The van der Waals surface area contributed by atoms with Crippen LogP contribution in [0.1, 0.15) is 17.0 Å². The molecule has 3 aromatic carbocycles. The van der Waals surface area contributed by atoms with E-state index in [1.165, 1.54) is 11.1 Å². The average molecular weight is 355 g/mol. The van der Waals surface area contributed by atoms with Crippen molar-refractivity contribution >= 4 is 0 Å². The smallest absolute Gasteiger partial charge is 0.170 e. The third-order valence-corrected chi connectivity index (χ3v) is 4.40. The van der Waals surface area contributed by atoms with E-state index < -0.39 is 0 Å². The van der Waals surface area contributed by atoms with E-state index in [1.807, 2.05) is 47.1 Å². The Kier molecular flexibility index (Phi) is 5.31. The van der Waals surface area contributed by atoms with Crippen LogP contribution >= 0.6 is 0 Å². The second-order valence-electron chi connectivity index (χ2n) is 6.46.